The third-order valence-electron chi connectivity index (χ3n) is 4.79. The predicted octanol–water partition coefficient (Wildman–Crippen LogP) is 2.64. The maximum atomic E-state index is 10.7. The van der Waals surface area contributed by atoms with Crippen LogP contribution in [0.2, 0.25) is 0 Å². The number of nitrogens with zero attached hydrogens (tertiary/aromatic N) is 3. The molecule has 1 aliphatic heterocycles. The van der Waals surface area contributed by atoms with Crippen molar-refractivity contribution in [2.45, 2.75) is 31.1 Å². The molecule has 1 aromatic heterocycles. The van der Waals surface area contributed by atoms with Gasteiger partial charge in [0.2, 0.25) is 0 Å². The minimum Gasteiger partial charge on any atom is -0.493 e. The molecule has 7 heteroatoms. The van der Waals surface area contributed by atoms with Gasteiger partial charge in [-0.25, -0.2) is 4.98 Å². The Kier molecular flexibility index (Phi) is 6.11. The van der Waals surface area contributed by atoms with Crippen LogP contribution in [-0.2, 0) is 20.0 Å². The number of benzene rings is 1. The Labute approximate surface area is 159 Å². The van der Waals surface area contributed by atoms with Crippen LogP contribution in [0.25, 0.3) is 0 Å². The molecule has 0 bridgehead atoms. The summed E-state index contributed by atoms with van der Waals surface area (Å²) in [5.41, 5.74) is 3.28. The largest absolute Gasteiger partial charge is 0.493 e. The molecule has 0 aliphatic carbocycles. The van der Waals surface area contributed by atoms with E-state index in [1.54, 1.807) is 26.0 Å². The van der Waals surface area contributed by atoms with E-state index in [1.165, 1.54) is 5.69 Å². The van der Waals surface area contributed by atoms with Crippen LogP contribution in [0, 0.1) is 0 Å². The average molecular weight is 378 g/mol. The lowest BCUT2D eigenvalue weighted by atomic mass is 10.1. The molecular formula is C19H27N3O3S. The fourth-order valence-corrected chi connectivity index (χ4v) is 4.12. The fourth-order valence-electron chi connectivity index (χ4n) is 3.38. The lowest BCUT2D eigenvalue weighted by molar-refractivity contribution is 0.104. The van der Waals surface area contributed by atoms with Crippen molar-refractivity contribution in [1.29, 1.82) is 0 Å². The summed E-state index contributed by atoms with van der Waals surface area (Å²) in [4.78, 5) is 7.05. The van der Waals surface area contributed by atoms with Crippen LogP contribution >= 0.6 is 11.8 Å². The second-order valence-electron chi connectivity index (χ2n) is 6.40. The number of aromatic nitrogens is 2. The molecule has 6 nitrogen and oxygen atoms in total. The van der Waals surface area contributed by atoms with Gasteiger partial charge >= 0.3 is 0 Å². The number of β-amino-alcohol motifs (C(OH)–C–C–N with tert-alkyl or cyclic N) is 1. The third kappa shape index (κ3) is 3.84. The molecule has 1 N–H and O–H groups in total. The molecule has 0 saturated carbocycles. The first kappa shape index (κ1) is 19.1. The number of methoxy groups -OCH3 is 2. The molecule has 2 aromatic rings. The summed E-state index contributed by atoms with van der Waals surface area (Å²) in [6.07, 6.45) is 0.381. The van der Waals surface area contributed by atoms with Gasteiger partial charge in [0.05, 0.1) is 26.0 Å². The van der Waals surface area contributed by atoms with Gasteiger partial charge in [0.25, 0.3) is 0 Å². The number of fused-ring (bicyclic) bond motifs is 1. The van der Waals surface area contributed by atoms with Gasteiger partial charge in [0.1, 0.15) is 0 Å². The van der Waals surface area contributed by atoms with E-state index < -0.39 is 6.10 Å². The molecule has 26 heavy (non-hydrogen) atoms. The first-order chi connectivity index (χ1) is 12.6. The lowest BCUT2D eigenvalue weighted by Gasteiger charge is -2.28. The van der Waals surface area contributed by atoms with Crippen LogP contribution in [0.4, 0.5) is 0 Å². The van der Waals surface area contributed by atoms with Crippen molar-refractivity contribution in [2.24, 2.45) is 7.05 Å². The van der Waals surface area contributed by atoms with Gasteiger partial charge in [-0.15, -0.1) is 0 Å². The van der Waals surface area contributed by atoms with Gasteiger partial charge in [0.15, 0.2) is 16.7 Å². The standard InChI is InChI=1S/C19H27N3O3S/c1-5-26-19-20-14-11-22(9-8-15(14)21(19)2)12-16(23)13-6-7-17(24-3)18(10-13)25-4/h6-7,10,16,23H,5,8-9,11-12H2,1-4H3. The van der Waals surface area contributed by atoms with Crippen LogP contribution < -0.4 is 9.47 Å². The first-order valence-corrected chi connectivity index (χ1v) is 9.85. The van der Waals surface area contributed by atoms with Gasteiger partial charge < -0.3 is 19.1 Å². The summed E-state index contributed by atoms with van der Waals surface area (Å²) in [7, 11) is 5.31. The Balaban J connectivity index is 1.69. The van der Waals surface area contributed by atoms with Crippen LogP contribution in [0.1, 0.15) is 30.0 Å². The Hall–Kier alpha value is -1.70. The van der Waals surface area contributed by atoms with Crippen LogP contribution in [0.3, 0.4) is 0 Å². The molecule has 0 saturated heterocycles. The van der Waals surface area contributed by atoms with Crippen molar-refractivity contribution in [2.75, 3.05) is 33.1 Å². The van der Waals surface area contributed by atoms with Crippen LogP contribution in [0.5, 0.6) is 11.5 Å². The fraction of sp³-hybridized carbons (Fsp3) is 0.526. The molecule has 0 fully saturated rings. The molecule has 1 aromatic carbocycles. The average Bonchev–Trinajstić information content (AvgIpc) is 2.96. The maximum absolute atomic E-state index is 10.7. The van der Waals surface area contributed by atoms with E-state index in [0.717, 1.165) is 41.7 Å². The molecule has 3 rings (SSSR count). The van der Waals surface area contributed by atoms with Gasteiger partial charge in [0, 0.05) is 38.8 Å². The maximum Gasteiger partial charge on any atom is 0.168 e. The molecule has 0 spiro atoms. The highest BCUT2D eigenvalue weighted by molar-refractivity contribution is 7.99. The molecule has 1 unspecified atom stereocenters. The molecule has 0 radical (unpaired) electrons. The summed E-state index contributed by atoms with van der Waals surface area (Å²) < 4.78 is 12.8. The van der Waals surface area contributed by atoms with Gasteiger partial charge in [-0.1, -0.05) is 24.8 Å². The number of aliphatic hydroxyl groups is 1. The zero-order chi connectivity index (χ0) is 18.7. The van der Waals surface area contributed by atoms with E-state index in [-0.39, 0.29) is 0 Å². The SMILES string of the molecule is CCSc1nc2c(n1C)CCN(CC(O)c1ccc(OC)c(OC)c1)C2. The van der Waals surface area contributed by atoms with E-state index in [0.29, 0.717) is 18.0 Å². The predicted molar refractivity (Wildman–Crippen MR) is 103 cm³/mol. The molecular weight excluding hydrogens is 350 g/mol. The molecule has 2 heterocycles. The topological polar surface area (TPSA) is 59.8 Å². The number of hydrogen-bond acceptors (Lipinski definition) is 6. The number of aliphatic hydroxyl groups excluding tert-OH is 1. The summed E-state index contributed by atoms with van der Waals surface area (Å²) in [6, 6.07) is 5.56. The number of hydrogen-bond donors (Lipinski definition) is 1. The normalized spacial score (nSPS) is 15.6. The number of thioether (sulfide) groups is 1. The van der Waals surface area contributed by atoms with Crippen molar-refractivity contribution in [3.63, 3.8) is 0 Å². The second-order valence-corrected chi connectivity index (χ2v) is 7.63. The van der Waals surface area contributed by atoms with E-state index in [4.69, 9.17) is 14.5 Å². The van der Waals surface area contributed by atoms with Crippen molar-refractivity contribution >= 4 is 11.8 Å². The Morgan fingerprint density at radius 3 is 2.73 bits per heavy atom. The Morgan fingerprint density at radius 1 is 1.27 bits per heavy atom. The third-order valence-corrected chi connectivity index (χ3v) is 5.70. The van der Waals surface area contributed by atoms with Crippen molar-refractivity contribution in [3.8, 4) is 11.5 Å². The van der Waals surface area contributed by atoms with Gasteiger partial charge in [-0.2, -0.15) is 0 Å². The van der Waals surface area contributed by atoms with E-state index in [9.17, 15) is 5.11 Å². The lowest BCUT2D eigenvalue weighted by Crippen LogP contribution is -2.34. The first-order valence-electron chi connectivity index (χ1n) is 8.87. The minimum atomic E-state index is -0.579. The second kappa shape index (κ2) is 8.33. The monoisotopic (exact) mass is 377 g/mol. The zero-order valence-corrected chi connectivity index (χ0v) is 16.7. The van der Waals surface area contributed by atoms with Crippen molar-refractivity contribution in [1.82, 2.24) is 14.5 Å². The molecule has 1 aliphatic rings. The highest BCUT2D eigenvalue weighted by Gasteiger charge is 2.24. The summed E-state index contributed by atoms with van der Waals surface area (Å²) in [5, 5.41) is 11.8. The van der Waals surface area contributed by atoms with Gasteiger partial charge in [-0.05, 0) is 23.4 Å². The number of ether oxygens (including phenoxy) is 2. The van der Waals surface area contributed by atoms with Gasteiger partial charge in [-0.3, -0.25) is 4.90 Å². The summed E-state index contributed by atoms with van der Waals surface area (Å²) in [6.45, 7) is 4.41. The summed E-state index contributed by atoms with van der Waals surface area (Å²) >= 11 is 1.77. The van der Waals surface area contributed by atoms with Crippen LogP contribution in [-0.4, -0.2) is 52.6 Å². The van der Waals surface area contributed by atoms with Crippen LogP contribution in [0.15, 0.2) is 23.4 Å². The molecule has 1 atom stereocenters. The van der Waals surface area contributed by atoms with Crippen molar-refractivity contribution < 1.29 is 14.6 Å². The Bertz CT molecular complexity index is 763. The highest BCUT2D eigenvalue weighted by Crippen LogP contribution is 2.31. The Morgan fingerprint density at radius 2 is 2.04 bits per heavy atom. The minimum absolute atomic E-state index is 0.571. The highest BCUT2D eigenvalue weighted by atomic mass is 32.2. The quantitative estimate of drug-likeness (QED) is 0.749. The van der Waals surface area contributed by atoms with E-state index in [2.05, 4.69) is 23.4 Å². The van der Waals surface area contributed by atoms with E-state index >= 15 is 0 Å². The smallest absolute Gasteiger partial charge is 0.168 e. The number of imidazole rings is 1. The number of rotatable bonds is 7. The van der Waals surface area contributed by atoms with E-state index in [1.807, 2.05) is 18.2 Å². The van der Waals surface area contributed by atoms with Crippen molar-refractivity contribution in [3.05, 3.63) is 35.2 Å². The summed E-state index contributed by atoms with van der Waals surface area (Å²) in [5.74, 6) is 2.32. The molecule has 0 amide bonds. The zero-order valence-electron chi connectivity index (χ0n) is 15.9. The molecule has 142 valence electrons.